The molecule has 0 amide bonds. The first-order chi connectivity index (χ1) is 16.7. The molecule has 0 unspecified atom stereocenters. The standard InChI is InChI=1S/C29H25N3O2.Na.H/c33-28(34)24-16-17-25-26(20-24)32(19-18-21-10-4-1-5-11-21)29(30-25)31-27(22-12-6-2-7-13-22)23-14-8-3-9-15-23;;/h1-17,20,27H,18-19H2,(H,30,31)(H,33,34);;. The molecule has 35 heavy (non-hydrogen) atoms. The Morgan fingerprint density at radius 1 is 0.829 bits per heavy atom. The molecule has 0 aliphatic rings. The van der Waals surface area contributed by atoms with E-state index >= 15 is 0 Å². The van der Waals surface area contributed by atoms with Crippen LogP contribution in [0.1, 0.15) is 33.1 Å². The number of carboxylic acids is 1. The molecule has 1 aromatic heterocycles. The van der Waals surface area contributed by atoms with E-state index in [0.717, 1.165) is 28.6 Å². The van der Waals surface area contributed by atoms with E-state index in [1.165, 1.54) is 5.56 Å². The van der Waals surface area contributed by atoms with E-state index in [1.807, 2.05) is 54.6 Å². The van der Waals surface area contributed by atoms with Gasteiger partial charge in [0.05, 0.1) is 22.6 Å². The Morgan fingerprint density at radius 2 is 1.40 bits per heavy atom. The van der Waals surface area contributed by atoms with Gasteiger partial charge in [-0.1, -0.05) is 91.0 Å². The molecule has 2 N–H and O–H groups in total. The topological polar surface area (TPSA) is 67.2 Å². The molecule has 170 valence electrons. The fourth-order valence-electron chi connectivity index (χ4n) is 4.26. The molecule has 0 saturated carbocycles. The molecule has 5 nitrogen and oxygen atoms in total. The van der Waals surface area contributed by atoms with Crippen molar-refractivity contribution in [2.45, 2.75) is 19.0 Å². The number of rotatable bonds is 8. The van der Waals surface area contributed by atoms with Crippen LogP contribution in [0.3, 0.4) is 0 Å². The van der Waals surface area contributed by atoms with Crippen LogP contribution in [-0.4, -0.2) is 50.2 Å². The van der Waals surface area contributed by atoms with E-state index in [0.29, 0.717) is 12.5 Å². The summed E-state index contributed by atoms with van der Waals surface area (Å²) in [5.41, 5.74) is 5.29. The average Bonchev–Trinajstić information content (AvgIpc) is 3.24. The van der Waals surface area contributed by atoms with Crippen molar-refractivity contribution in [2.24, 2.45) is 0 Å². The van der Waals surface area contributed by atoms with Gasteiger partial charge in [0.1, 0.15) is 0 Å². The molecule has 5 aromatic rings. The third kappa shape index (κ3) is 5.65. The summed E-state index contributed by atoms with van der Waals surface area (Å²) in [6.45, 7) is 0.669. The Bertz CT molecular complexity index is 1360. The summed E-state index contributed by atoms with van der Waals surface area (Å²) < 4.78 is 2.09. The van der Waals surface area contributed by atoms with Gasteiger partial charge in [0.15, 0.2) is 0 Å². The van der Waals surface area contributed by atoms with Gasteiger partial charge in [-0.05, 0) is 41.3 Å². The van der Waals surface area contributed by atoms with E-state index in [2.05, 4.69) is 46.3 Å². The Kier molecular flexibility index (Phi) is 8.03. The van der Waals surface area contributed by atoms with Gasteiger partial charge in [0, 0.05) is 6.54 Å². The van der Waals surface area contributed by atoms with E-state index in [1.54, 1.807) is 18.2 Å². The number of fused-ring (bicyclic) bond motifs is 1. The van der Waals surface area contributed by atoms with E-state index in [9.17, 15) is 9.90 Å². The van der Waals surface area contributed by atoms with Crippen LogP contribution in [0.25, 0.3) is 11.0 Å². The molecular weight excluding hydrogens is 445 g/mol. The van der Waals surface area contributed by atoms with Crippen LogP contribution in [0.15, 0.2) is 109 Å². The molecular formula is C29H26N3NaO2. The third-order valence-electron chi connectivity index (χ3n) is 6.00. The van der Waals surface area contributed by atoms with Crippen molar-refractivity contribution < 1.29 is 9.90 Å². The van der Waals surface area contributed by atoms with E-state index in [4.69, 9.17) is 4.98 Å². The zero-order valence-corrected chi connectivity index (χ0v) is 18.6. The number of hydrogen-bond donors (Lipinski definition) is 2. The number of benzene rings is 4. The Labute approximate surface area is 226 Å². The van der Waals surface area contributed by atoms with Gasteiger partial charge in [-0.3, -0.25) is 0 Å². The molecule has 0 spiro atoms. The second-order valence-corrected chi connectivity index (χ2v) is 8.23. The fourth-order valence-corrected chi connectivity index (χ4v) is 4.26. The van der Waals surface area contributed by atoms with Crippen molar-refractivity contribution in [3.05, 3.63) is 131 Å². The minimum atomic E-state index is -0.946. The van der Waals surface area contributed by atoms with Gasteiger partial charge in [-0.2, -0.15) is 0 Å². The van der Waals surface area contributed by atoms with Crippen LogP contribution in [0, 0.1) is 0 Å². The summed E-state index contributed by atoms with van der Waals surface area (Å²) in [6, 6.07) is 35.8. The monoisotopic (exact) mass is 471 g/mol. The van der Waals surface area contributed by atoms with Crippen molar-refractivity contribution >= 4 is 52.5 Å². The maximum atomic E-state index is 11.6. The number of aryl methyl sites for hydroxylation is 2. The number of anilines is 1. The fraction of sp³-hybridized carbons (Fsp3) is 0.103. The number of imidazole rings is 1. The number of carboxylic acid groups (broad SMARTS) is 1. The minimum absolute atomic E-state index is 0. The molecule has 0 saturated heterocycles. The second-order valence-electron chi connectivity index (χ2n) is 8.23. The van der Waals surface area contributed by atoms with Crippen LogP contribution in [0.2, 0.25) is 0 Å². The molecule has 0 aliphatic heterocycles. The maximum absolute atomic E-state index is 11.6. The normalized spacial score (nSPS) is 10.8. The van der Waals surface area contributed by atoms with Crippen molar-refractivity contribution in [3.8, 4) is 0 Å². The molecule has 6 heteroatoms. The summed E-state index contributed by atoms with van der Waals surface area (Å²) in [7, 11) is 0. The Morgan fingerprint density at radius 3 is 1.97 bits per heavy atom. The van der Waals surface area contributed by atoms with E-state index in [-0.39, 0.29) is 41.2 Å². The van der Waals surface area contributed by atoms with Crippen LogP contribution >= 0.6 is 0 Å². The molecule has 0 aliphatic carbocycles. The van der Waals surface area contributed by atoms with Gasteiger partial charge in [0.2, 0.25) is 5.95 Å². The molecule has 1 heterocycles. The number of carbonyl (C=O) groups is 1. The summed E-state index contributed by atoms with van der Waals surface area (Å²) in [5, 5.41) is 13.2. The van der Waals surface area contributed by atoms with Crippen molar-refractivity contribution in [1.82, 2.24) is 9.55 Å². The predicted molar refractivity (Wildman–Crippen MR) is 142 cm³/mol. The first-order valence-corrected chi connectivity index (χ1v) is 11.3. The zero-order valence-electron chi connectivity index (χ0n) is 18.6. The predicted octanol–water partition coefficient (Wildman–Crippen LogP) is 5.53. The SMILES string of the molecule is O=C(O)c1ccc2nc(NC(c3ccccc3)c3ccccc3)n(CCc3ccccc3)c2c1.[NaH]. The first-order valence-electron chi connectivity index (χ1n) is 11.3. The summed E-state index contributed by atoms with van der Waals surface area (Å²) >= 11 is 0. The Balaban J connectivity index is 0.00000289. The molecule has 0 bridgehead atoms. The second kappa shape index (κ2) is 11.4. The zero-order chi connectivity index (χ0) is 23.3. The molecule has 4 aromatic carbocycles. The first kappa shape index (κ1) is 24.7. The summed E-state index contributed by atoms with van der Waals surface area (Å²) in [4.78, 5) is 16.5. The summed E-state index contributed by atoms with van der Waals surface area (Å²) in [6.07, 6.45) is 0.805. The van der Waals surface area contributed by atoms with Crippen LogP contribution in [-0.2, 0) is 13.0 Å². The van der Waals surface area contributed by atoms with Gasteiger partial charge < -0.3 is 15.0 Å². The number of nitrogens with one attached hydrogen (secondary N) is 1. The summed E-state index contributed by atoms with van der Waals surface area (Å²) in [5.74, 6) is -0.232. The van der Waals surface area contributed by atoms with Crippen molar-refractivity contribution in [1.29, 1.82) is 0 Å². The van der Waals surface area contributed by atoms with Gasteiger partial charge in [-0.15, -0.1) is 0 Å². The van der Waals surface area contributed by atoms with Gasteiger partial charge >= 0.3 is 35.5 Å². The van der Waals surface area contributed by atoms with Crippen LogP contribution < -0.4 is 5.32 Å². The molecule has 0 fully saturated rings. The molecule has 0 atom stereocenters. The van der Waals surface area contributed by atoms with Gasteiger partial charge in [-0.25, -0.2) is 9.78 Å². The molecule has 5 rings (SSSR count). The van der Waals surface area contributed by atoms with E-state index < -0.39 is 5.97 Å². The third-order valence-corrected chi connectivity index (χ3v) is 6.00. The molecule has 0 radical (unpaired) electrons. The van der Waals surface area contributed by atoms with Crippen molar-refractivity contribution in [3.63, 3.8) is 0 Å². The van der Waals surface area contributed by atoms with Crippen LogP contribution in [0.4, 0.5) is 5.95 Å². The number of hydrogen-bond acceptors (Lipinski definition) is 3. The van der Waals surface area contributed by atoms with Gasteiger partial charge in [0.25, 0.3) is 0 Å². The Hall–Kier alpha value is -3.38. The number of aromatic nitrogens is 2. The van der Waals surface area contributed by atoms with Crippen LogP contribution in [0.5, 0.6) is 0 Å². The van der Waals surface area contributed by atoms with Crippen molar-refractivity contribution in [2.75, 3.05) is 5.32 Å². The number of aromatic carboxylic acids is 1. The average molecular weight is 472 g/mol. The number of nitrogens with zero attached hydrogens (tertiary/aromatic N) is 2. The quantitative estimate of drug-likeness (QED) is 0.292.